The molecule has 2 aromatic rings. The Hall–Kier alpha value is -1.43. The summed E-state index contributed by atoms with van der Waals surface area (Å²) in [7, 11) is 0. The fraction of sp³-hybridized carbons (Fsp3) is 0.400. The number of rotatable bonds is 3. The van der Waals surface area contributed by atoms with E-state index in [1.165, 1.54) is 0 Å². The van der Waals surface area contributed by atoms with Crippen LogP contribution in [0.3, 0.4) is 0 Å². The zero-order chi connectivity index (χ0) is 15.5. The number of pyridine rings is 1. The van der Waals surface area contributed by atoms with E-state index in [-0.39, 0.29) is 0 Å². The Morgan fingerprint density at radius 2 is 2.00 bits per heavy atom. The number of halogens is 2. The van der Waals surface area contributed by atoms with Crippen LogP contribution in [-0.4, -0.2) is 32.9 Å². The fourth-order valence-electron chi connectivity index (χ4n) is 2.77. The molecule has 116 valence electrons. The summed E-state index contributed by atoms with van der Waals surface area (Å²) in [6.45, 7) is 2.71. The molecule has 3 rings (SSSR count). The van der Waals surface area contributed by atoms with Gasteiger partial charge in [-0.2, -0.15) is 0 Å². The van der Waals surface area contributed by atoms with Crippen molar-refractivity contribution in [1.29, 1.82) is 0 Å². The van der Waals surface area contributed by atoms with E-state index >= 15 is 0 Å². The van der Waals surface area contributed by atoms with Crippen molar-refractivity contribution in [2.45, 2.75) is 25.3 Å². The first-order valence-electron chi connectivity index (χ1n) is 7.22. The number of hydrogen-bond acceptors (Lipinski definition) is 5. The van der Waals surface area contributed by atoms with Gasteiger partial charge >= 0.3 is 0 Å². The second-order valence-corrected chi connectivity index (χ2v) is 6.32. The van der Waals surface area contributed by atoms with Crippen molar-refractivity contribution in [3.05, 3.63) is 46.0 Å². The molecule has 1 aliphatic heterocycles. The van der Waals surface area contributed by atoms with Crippen LogP contribution in [0.25, 0.3) is 0 Å². The summed E-state index contributed by atoms with van der Waals surface area (Å²) in [5.74, 6) is 0.785. The number of nitrogen functional groups attached to an aromatic ring is 1. The summed E-state index contributed by atoms with van der Waals surface area (Å²) in [6.07, 6.45) is 5.45. The van der Waals surface area contributed by atoms with Gasteiger partial charge in [-0.1, -0.05) is 23.2 Å². The number of nitrogens with zero attached hydrogens (tertiary/aromatic N) is 4. The molecule has 5 nitrogen and oxygen atoms in total. The van der Waals surface area contributed by atoms with Gasteiger partial charge in [0.25, 0.3) is 0 Å². The van der Waals surface area contributed by atoms with E-state index in [9.17, 15) is 0 Å². The maximum Gasteiger partial charge on any atom is 0.220 e. The van der Waals surface area contributed by atoms with Gasteiger partial charge < -0.3 is 5.73 Å². The molecule has 3 heterocycles. The number of aromatic nitrogens is 3. The third-order valence-corrected chi connectivity index (χ3v) is 4.49. The lowest BCUT2D eigenvalue weighted by molar-refractivity contribution is 0.201. The van der Waals surface area contributed by atoms with Crippen molar-refractivity contribution in [3.8, 4) is 0 Å². The van der Waals surface area contributed by atoms with Crippen molar-refractivity contribution >= 4 is 29.2 Å². The van der Waals surface area contributed by atoms with Crippen LogP contribution in [0.1, 0.15) is 30.1 Å². The minimum atomic E-state index is 0.345. The highest BCUT2D eigenvalue weighted by Gasteiger charge is 2.22. The molecule has 0 unspecified atom stereocenters. The summed E-state index contributed by atoms with van der Waals surface area (Å²) in [6, 6.07) is 3.69. The van der Waals surface area contributed by atoms with E-state index in [0.29, 0.717) is 21.9 Å². The molecule has 0 atom stereocenters. The highest BCUT2D eigenvalue weighted by molar-refractivity contribution is 6.34. The molecule has 0 spiro atoms. The predicted molar refractivity (Wildman–Crippen MR) is 88.0 cm³/mol. The molecule has 2 N–H and O–H groups in total. The largest absolute Gasteiger partial charge is 0.368 e. The van der Waals surface area contributed by atoms with E-state index in [0.717, 1.165) is 43.9 Å². The minimum Gasteiger partial charge on any atom is -0.368 e. The summed E-state index contributed by atoms with van der Waals surface area (Å²) >= 11 is 12.1. The topological polar surface area (TPSA) is 67.9 Å². The molecule has 7 heteroatoms. The van der Waals surface area contributed by atoms with Crippen LogP contribution in [0, 0.1) is 0 Å². The van der Waals surface area contributed by atoms with Crippen LogP contribution in [-0.2, 0) is 6.54 Å². The van der Waals surface area contributed by atoms with Gasteiger partial charge in [0.05, 0.1) is 15.7 Å². The Morgan fingerprint density at radius 3 is 2.68 bits per heavy atom. The molecule has 1 saturated heterocycles. The van der Waals surface area contributed by atoms with E-state index in [1.807, 2.05) is 6.07 Å². The van der Waals surface area contributed by atoms with Crippen molar-refractivity contribution in [2.24, 2.45) is 0 Å². The van der Waals surface area contributed by atoms with Crippen LogP contribution >= 0.6 is 23.2 Å². The molecule has 1 fully saturated rings. The second kappa shape index (κ2) is 6.77. The molecule has 22 heavy (non-hydrogen) atoms. The Labute approximate surface area is 139 Å². The van der Waals surface area contributed by atoms with Crippen LogP contribution < -0.4 is 5.73 Å². The SMILES string of the molecule is Nc1nccc(C2CCN(Cc3ncc(Cl)cc3Cl)CC2)n1. The van der Waals surface area contributed by atoms with Gasteiger partial charge in [0.1, 0.15) is 0 Å². The van der Waals surface area contributed by atoms with E-state index in [4.69, 9.17) is 28.9 Å². The maximum atomic E-state index is 6.19. The molecular formula is C15H17Cl2N5. The molecule has 1 aliphatic rings. The van der Waals surface area contributed by atoms with Gasteiger partial charge in [0.15, 0.2) is 0 Å². The average Bonchev–Trinajstić information content (AvgIpc) is 2.51. The van der Waals surface area contributed by atoms with E-state index in [1.54, 1.807) is 18.5 Å². The predicted octanol–water partition coefficient (Wildman–Crippen LogP) is 3.14. The third kappa shape index (κ3) is 3.66. The molecule has 0 amide bonds. The van der Waals surface area contributed by atoms with Gasteiger partial charge in [-0.15, -0.1) is 0 Å². The van der Waals surface area contributed by atoms with Gasteiger partial charge in [-0.3, -0.25) is 9.88 Å². The fourth-order valence-corrected chi connectivity index (χ4v) is 3.21. The van der Waals surface area contributed by atoms with Gasteiger partial charge in [-0.05, 0) is 38.1 Å². The number of likely N-dealkylation sites (tertiary alicyclic amines) is 1. The molecule has 0 bridgehead atoms. The molecular weight excluding hydrogens is 321 g/mol. The normalized spacial score (nSPS) is 16.8. The van der Waals surface area contributed by atoms with Crippen LogP contribution in [0.4, 0.5) is 5.95 Å². The maximum absolute atomic E-state index is 6.19. The lowest BCUT2D eigenvalue weighted by Crippen LogP contribution is -2.33. The van der Waals surface area contributed by atoms with Gasteiger partial charge in [0, 0.05) is 30.6 Å². The first-order chi connectivity index (χ1) is 10.6. The Morgan fingerprint density at radius 1 is 1.23 bits per heavy atom. The lowest BCUT2D eigenvalue weighted by Gasteiger charge is -2.31. The zero-order valence-electron chi connectivity index (χ0n) is 12.0. The van der Waals surface area contributed by atoms with Gasteiger partial charge in [0.2, 0.25) is 5.95 Å². The van der Waals surface area contributed by atoms with E-state index < -0.39 is 0 Å². The number of piperidine rings is 1. The lowest BCUT2D eigenvalue weighted by atomic mass is 9.93. The van der Waals surface area contributed by atoms with Gasteiger partial charge in [-0.25, -0.2) is 9.97 Å². The summed E-state index contributed by atoms with van der Waals surface area (Å²) in [4.78, 5) is 14.9. The monoisotopic (exact) mass is 337 g/mol. The van der Waals surface area contributed by atoms with Crippen LogP contribution in [0.2, 0.25) is 10.0 Å². The van der Waals surface area contributed by atoms with Crippen LogP contribution in [0.5, 0.6) is 0 Å². The average molecular weight is 338 g/mol. The Bertz CT molecular complexity index is 656. The standard InChI is InChI=1S/C15H17Cl2N5/c16-11-7-12(17)14(20-8-11)9-22-5-2-10(3-6-22)13-1-4-19-15(18)21-13/h1,4,7-8,10H,2-3,5-6,9H2,(H2,18,19,21). The molecule has 0 aliphatic carbocycles. The Balaban J connectivity index is 1.60. The van der Waals surface area contributed by atoms with Crippen LogP contribution in [0.15, 0.2) is 24.5 Å². The highest BCUT2D eigenvalue weighted by Crippen LogP contribution is 2.28. The molecule has 0 saturated carbocycles. The quantitative estimate of drug-likeness (QED) is 0.931. The minimum absolute atomic E-state index is 0.345. The van der Waals surface area contributed by atoms with Crippen molar-refractivity contribution in [2.75, 3.05) is 18.8 Å². The van der Waals surface area contributed by atoms with Crippen molar-refractivity contribution < 1.29 is 0 Å². The summed E-state index contributed by atoms with van der Waals surface area (Å²) < 4.78 is 0. The third-order valence-electron chi connectivity index (χ3n) is 3.96. The first kappa shape index (κ1) is 15.5. The molecule has 0 aromatic carbocycles. The highest BCUT2D eigenvalue weighted by atomic mass is 35.5. The number of nitrogens with two attached hydrogens (primary N) is 1. The van der Waals surface area contributed by atoms with Crippen molar-refractivity contribution in [3.63, 3.8) is 0 Å². The molecule has 2 aromatic heterocycles. The summed E-state index contributed by atoms with van der Waals surface area (Å²) in [5.41, 5.74) is 7.57. The smallest absolute Gasteiger partial charge is 0.220 e. The van der Waals surface area contributed by atoms with Crippen molar-refractivity contribution in [1.82, 2.24) is 19.9 Å². The zero-order valence-corrected chi connectivity index (χ0v) is 13.6. The second-order valence-electron chi connectivity index (χ2n) is 5.47. The Kier molecular flexibility index (Phi) is 4.76. The number of anilines is 1. The molecule has 0 radical (unpaired) electrons. The van der Waals surface area contributed by atoms with E-state index in [2.05, 4.69) is 19.9 Å². The number of hydrogen-bond donors (Lipinski definition) is 1. The first-order valence-corrected chi connectivity index (χ1v) is 7.98. The summed E-state index contributed by atoms with van der Waals surface area (Å²) in [5, 5.41) is 1.19.